The second kappa shape index (κ2) is 3.92. The molecule has 1 fully saturated rings. The van der Waals surface area contributed by atoms with Gasteiger partial charge in [-0.3, -0.25) is 9.71 Å². The van der Waals surface area contributed by atoms with E-state index in [4.69, 9.17) is 11.6 Å². The van der Waals surface area contributed by atoms with Gasteiger partial charge in [-0.1, -0.05) is 11.6 Å². The van der Waals surface area contributed by atoms with Gasteiger partial charge in [-0.05, 0) is 12.8 Å². The van der Waals surface area contributed by atoms with E-state index in [-0.39, 0.29) is 17.0 Å². The molecular formula is C7H9ClN4O2S. The summed E-state index contributed by atoms with van der Waals surface area (Å²) in [7, 11) is -3.55. The maximum Gasteiger partial charge on any atom is 0.300 e. The summed E-state index contributed by atoms with van der Waals surface area (Å²) in [5.74, 6) is 0.107. The molecule has 0 unspecified atom stereocenters. The molecule has 0 saturated heterocycles. The summed E-state index contributed by atoms with van der Waals surface area (Å²) >= 11 is 5.56. The Bertz CT molecular complexity index is 460. The lowest BCUT2D eigenvalue weighted by molar-refractivity contribution is 0.586. The van der Waals surface area contributed by atoms with Gasteiger partial charge < -0.3 is 0 Å². The summed E-state index contributed by atoms with van der Waals surface area (Å²) in [6.07, 6.45) is 4.37. The topological polar surface area (TPSA) is 84.0 Å². The van der Waals surface area contributed by atoms with Gasteiger partial charge >= 0.3 is 10.2 Å². The Morgan fingerprint density at radius 3 is 2.73 bits per heavy atom. The van der Waals surface area contributed by atoms with Crippen molar-refractivity contribution >= 4 is 27.6 Å². The molecule has 0 aliphatic heterocycles. The highest BCUT2D eigenvalue weighted by Crippen LogP contribution is 2.20. The molecule has 1 aromatic rings. The maximum absolute atomic E-state index is 11.4. The Balaban J connectivity index is 2.06. The molecule has 1 heterocycles. The Hall–Kier alpha value is -0.920. The van der Waals surface area contributed by atoms with Crippen molar-refractivity contribution in [2.24, 2.45) is 0 Å². The number of nitrogens with zero attached hydrogens (tertiary/aromatic N) is 2. The lowest BCUT2D eigenvalue weighted by Gasteiger charge is -2.06. The average Bonchev–Trinajstić information content (AvgIpc) is 2.86. The van der Waals surface area contributed by atoms with E-state index in [1.54, 1.807) is 0 Å². The van der Waals surface area contributed by atoms with Crippen LogP contribution in [0, 0.1) is 0 Å². The molecule has 8 heteroatoms. The van der Waals surface area contributed by atoms with Gasteiger partial charge in [0.1, 0.15) is 5.15 Å². The van der Waals surface area contributed by atoms with Gasteiger partial charge in [0.05, 0.1) is 12.4 Å². The van der Waals surface area contributed by atoms with E-state index in [0.717, 1.165) is 12.8 Å². The zero-order valence-electron chi connectivity index (χ0n) is 7.64. The highest BCUT2D eigenvalue weighted by atomic mass is 35.5. The van der Waals surface area contributed by atoms with Crippen LogP contribution in [0.2, 0.25) is 5.15 Å². The first-order chi connectivity index (χ1) is 7.05. The fourth-order valence-electron chi connectivity index (χ4n) is 0.979. The SMILES string of the molecule is O=S(=O)(Nc1cncc(Cl)n1)NC1CC1. The van der Waals surface area contributed by atoms with Crippen LogP contribution in [-0.4, -0.2) is 24.4 Å². The molecule has 1 saturated carbocycles. The van der Waals surface area contributed by atoms with Crippen LogP contribution in [0.1, 0.15) is 12.8 Å². The van der Waals surface area contributed by atoms with Crippen LogP contribution in [-0.2, 0) is 10.2 Å². The number of nitrogens with one attached hydrogen (secondary N) is 2. The molecule has 0 spiro atoms. The summed E-state index contributed by atoms with van der Waals surface area (Å²) in [4.78, 5) is 7.47. The van der Waals surface area contributed by atoms with Gasteiger partial charge in [0, 0.05) is 6.04 Å². The van der Waals surface area contributed by atoms with Gasteiger partial charge in [0.15, 0.2) is 5.82 Å². The molecule has 0 radical (unpaired) electrons. The molecule has 0 amide bonds. The van der Waals surface area contributed by atoms with E-state index in [2.05, 4.69) is 19.4 Å². The van der Waals surface area contributed by atoms with Crippen molar-refractivity contribution in [1.29, 1.82) is 0 Å². The lowest BCUT2D eigenvalue weighted by atomic mass is 10.7. The fourth-order valence-corrected chi connectivity index (χ4v) is 2.23. The van der Waals surface area contributed by atoms with E-state index in [1.807, 2.05) is 0 Å². The second-order valence-corrected chi connectivity index (χ2v) is 5.06. The molecule has 15 heavy (non-hydrogen) atoms. The third kappa shape index (κ3) is 3.29. The summed E-state index contributed by atoms with van der Waals surface area (Å²) < 4.78 is 27.5. The number of aromatic nitrogens is 2. The Kier molecular flexibility index (Phi) is 2.76. The molecule has 82 valence electrons. The Labute approximate surface area is 92.3 Å². The fraction of sp³-hybridized carbons (Fsp3) is 0.429. The minimum Gasteiger partial charge on any atom is -0.258 e. The standard InChI is InChI=1S/C7H9ClN4O2S/c8-6-3-9-4-7(10-6)12-15(13,14)11-5-1-2-5/h3-5,11H,1-2H2,(H,10,12). The van der Waals surface area contributed by atoms with Crippen molar-refractivity contribution in [3.63, 3.8) is 0 Å². The van der Waals surface area contributed by atoms with Crippen molar-refractivity contribution in [3.05, 3.63) is 17.5 Å². The predicted octanol–water partition coefficient (Wildman–Crippen LogP) is 0.539. The van der Waals surface area contributed by atoms with Crippen LogP contribution in [0.5, 0.6) is 0 Å². The second-order valence-electron chi connectivity index (χ2n) is 3.22. The first kappa shape index (κ1) is 10.6. The van der Waals surface area contributed by atoms with Gasteiger partial charge in [-0.25, -0.2) is 4.98 Å². The van der Waals surface area contributed by atoms with E-state index in [1.165, 1.54) is 12.4 Å². The first-order valence-corrected chi connectivity index (χ1v) is 6.19. The maximum atomic E-state index is 11.4. The smallest absolute Gasteiger partial charge is 0.258 e. The van der Waals surface area contributed by atoms with Crippen LogP contribution in [0.3, 0.4) is 0 Å². The number of hydrogen-bond donors (Lipinski definition) is 2. The van der Waals surface area contributed by atoms with E-state index in [0.29, 0.717) is 0 Å². The monoisotopic (exact) mass is 248 g/mol. The summed E-state index contributed by atoms with van der Waals surface area (Å²) in [5, 5.41) is 0.140. The van der Waals surface area contributed by atoms with Crippen molar-refractivity contribution in [3.8, 4) is 0 Å². The quantitative estimate of drug-likeness (QED) is 0.815. The van der Waals surface area contributed by atoms with Gasteiger partial charge in [-0.15, -0.1) is 0 Å². The largest absolute Gasteiger partial charge is 0.300 e. The molecule has 2 rings (SSSR count). The van der Waals surface area contributed by atoms with Crippen molar-refractivity contribution < 1.29 is 8.42 Å². The number of halogens is 1. The van der Waals surface area contributed by atoms with Gasteiger partial charge in [-0.2, -0.15) is 13.1 Å². The molecule has 1 aliphatic rings. The zero-order chi connectivity index (χ0) is 10.9. The Morgan fingerprint density at radius 1 is 1.40 bits per heavy atom. The Morgan fingerprint density at radius 2 is 2.13 bits per heavy atom. The third-order valence-corrected chi connectivity index (χ3v) is 3.05. The normalized spacial score (nSPS) is 16.3. The third-order valence-electron chi connectivity index (χ3n) is 1.74. The zero-order valence-corrected chi connectivity index (χ0v) is 9.22. The van der Waals surface area contributed by atoms with E-state index >= 15 is 0 Å². The van der Waals surface area contributed by atoms with Crippen LogP contribution >= 0.6 is 11.6 Å². The molecule has 1 aliphatic carbocycles. The molecule has 0 aromatic carbocycles. The minimum atomic E-state index is -3.55. The van der Waals surface area contributed by atoms with Crippen molar-refractivity contribution in [1.82, 2.24) is 14.7 Å². The van der Waals surface area contributed by atoms with Crippen LogP contribution in [0.25, 0.3) is 0 Å². The lowest BCUT2D eigenvalue weighted by Crippen LogP contribution is -2.32. The van der Waals surface area contributed by atoms with Crippen molar-refractivity contribution in [2.75, 3.05) is 4.72 Å². The predicted molar refractivity (Wildman–Crippen MR) is 55.7 cm³/mol. The first-order valence-electron chi connectivity index (χ1n) is 4.33. The molecule has 1 aromatic heterocycles. The number of anilines is 1. The van der Waals surface area contributed by atoms with Crippen LogP contribution in [0.4, 0.5) is 5.82 Å². The highest BCUT2D eigenvalue weighted by molar-refractivity contribution is 7.90. The number of hydrogen-bond acceptors (Lipinski definition) is 4. The minimum absolute atomic E-state index is 0.0506. The van der Waals surface area contributed by atoms with Crippen LogP contribution < -0.4 is 9.44 Å². The molecule has 6 nitrogen and oxygen atoms in total. The van der Waals surface area contributed by atoms with Crippen LogP contribution in [0.15, 0.2) is 12.4 Å². The molecular weight excluding hydrogens is 240 g/mol. The van der Waals surface area contributed by atoms with E-state index < -0.39 is 10.2 Å². The molecule has 0 bridgehead atoms. The van der Waals surface area contributed by atoms with E-state index in [9.17, 15) is 8.42 Å². The molecule has 2 N–H and O–H groups in total. The molecule has 0 atom stereocenters. The average molecular weight is 249 g/mol. The number of rotatable bonds is 4. The highest BCUT2D eigenvalue weighted by Gasteiger charge is 2.26. The summed E-state index contributed by atoms with van der Waals surface area (Å²) in [6, 6.07) is 0.0506. The van der Waals surface area contributed by atoms with Gasteiger partial charge in [0.2, 0.25) is 0 Å². The van der Waals surface area contributed by atoms with Crippen molar-refractivity contribution in [2.45, 2.75) is 18.9 Å². The van der Waals surface area contributed by atoms with Gasteiger partial charge in [0.25, 0.3) is 0 Å². The summed E-state index contributed by atoms with van der Waals surface area (Å²) in [6.45, 7) is 0. The summed E-state index contributed by atoms with van der Waals surface area (Å²) in [5.41, 5.74) is 0.